The lowest BCUT2D eigenvalue weighted by Gasteiger charge is -2.31. The minimum Gasteiger partial charge on any atom is -0.497 e. The van der Waals surface area contributed by atoms with Crippen molar-refractivity contribution in [2.24, 2.45) is 0 Å². The van der Waals surface area contributed by atoms with Crippen molar-refractivity contribution in [2.45, 2.75) is 25.6 Å². The highest BCUT2D eigenvalue weighted by molar-refractivity contribution is 7.07. The second kappa shape index (κ2) is 7.56. The number of aromatic nitrogens is 1. The quantitative estimate of drug-likeness (QED) is 0.660. The summed E-state index contributed by atoms with van der Waals surface area (Å²) in [5.74, 6) is 1.76. The maximum atomic E-state index is 5.72. The van der Waals surface area contributed by atoms with Gasteiger partial charge in [-0.15, -0.1) is 0 Å². The number of fused-ring (bicyclic) bond motifs is 1. The van der Waals surface area contributed by atoms with Gasteiger partial charge in [-0.1, -0.05) is 0 Å². The Kier molecular flexibility index (Phi) is 5.00. The second-order valence-corrected chi connectivity index (χ2v) is 7.37. The van der Waals surface area contributed by atoms with E-state index in [1.54, 1.807) is 25.6 Å². The number of benzene rings is 1. The maximum absolute atomic E-state index is 5.72. The van der Waals surface area contributed by atoms with Gasteiger partial charge in [0.05, 0.1) is 20.3 Å². The molecule has 0 radical (unpaired) electrons. The number of hydrogen-bond donors (Lipinski definition) is 0. The van der Waals surface area contributed by atoms with E-state index in [0.717, 1.165) is 43.1 Å². The van der Waals surface area contributed by atoms with Gasteiger partial charge in [-0.3, -0.25) is 4.90 Å². The molecular formula is C21H24N2O2S. The first-order chi connectivity index (χ1) is 12.8. The molecule has 1 aliphatic rings. The van der Waals surface area contributed by atoms with Crippen LogP contribution < -0.4 is 9.47 Å². The molecule has 0 bridgehead atoms. The van der Waals surface area contributed by atoms with Crippen LogP contribution in [0.15, 0.2) is 53.4 Å². The highest BCUT2D eigenvalue weighted by atomic mass is 32.1. The molecule has 1 aliphatic heterocycles. The van der Waals surface area contributed by atoms with Gasteiger partial charge in [0.15, 0.2) is 0 Å². The topological polar surface area (TPSA) is 26.6 Å². The molecule has 3 aromatic rings. The first-order valence-electron chi connectivity index (χ1n) is 8.92. The largest absolute Gasteiger partial charge is 0.497 e. The maximum Gasteiger partial charge on any atom is 0.124 e. The molecule has 0 aliphatic carbocycles. The van der Waals surface area contributed by atoms with E-state index < -0.39 is 0 Å². The minimum absolute atomic E-state index is 0.137. The van der Waals surface area contributed by atoms with E-state index in [0.29, 0.717) is 0 Å². The van der Waals surface area contributed by atoms with Crippen molar-refractivity contribution in [1.82, 2.24) is 9.47 Å². The summed E-state index contributed by atoms with van der Waals surface area (Å²) in [6.07, 6.45) is 3.32. The third-order valence-electron chi connectivity index (χ3n) is 5.05. The molecular weight excluding hydrogens is 344 g/mol. The molecule has 3 heterocycles. The molecule has 136 valence electrons. The van der Waals surface area contributed by atoms with Crippen molar-refractivity contribution in [2.75, 3.05) is 20.8 Å². The van der Waals surface area contributed by atoms with Gasteiger partial charge in [0.25, 0.3) is 0 Å². The van der Waals surface area contributed by atoms with E-state index in [2.05, 4.69) is 50.7 Å². The predicted octanol–water partition coefficient (Wildman–Crippen LogP) is 4.56. The Bertz CT molecular complexity index is 857. The second-order valence-electron chi connectivity index (χ2n) is 6.59. The van der Waals surface area contributed by atoms with E-state index in [1.165, 1.54) is 11.3 Å². The van der Waals surface area contributed by atoms with Crippen LogP contribution in [0, 0.1) is 0 Å². The van der Waals surface area contributed by atoms with Crippen molar-refractivity contribution in [3.63, 3.8) is 0 Å². The summed E-state index contributed by atoms with van der Waals surface area (Å²) in [5.41, 5.74) is 3.83. The van der Waals surface area contributed by atoms with E-state index in [9.17, 15) is 0 Å². The smallest absolute Gasteiger partial charge is 0.124 e. The van der Waals surface area contributed by atoms with Crippen LogP contribution >= 0.6 is 11.3 Å². The molecule has 4 rings (SSSR count). The molecule has 1 unspecified atom stereocenters. The molecule has 0 N–H and O–H groups in total. The van der Waals surface area contributed by atoms with Gasteiger partial charge in [0, 0.05) is 37.1 Å². The fourth-order valence-electron chi connectivity index (χ4n) is 3.84. The van der Waals surface area contributed by atoms with Gasteiger partial charge in [0.2, 0.25) is 0 Å². The van der Waals surface area contributed by atoms with Gasteiger partial charge in [-0.2, -0.15) is 11.3 Å². The number of rotatable bonds is 5. The van der Waals surface area contributed by atoms with Gasteiger partial charge < -0.3 is 14.0 Å². The van der Waals surface area contributed by atoms with Crippen molar-refractivity contribution in [3.8, 4) is 11.5 Å². The SMILES string of the molecule is COc1ccc(OC)c(C2c3cccn3CCCN2Cc2ccsc2)c1. The Morgan fingerprint density at radius 1 is 1.12 bits per heavy atom. The molecule has 1 aromatic carbocycles. The van der Waals surface area contributed by atoms with Crippen molar-refractivity contribution >= 4 is 11.3 Å². The van der Waals surface area contributed by atoms with Gasteiger partial charge in [-0.05, 0) is 59.1 Å². The normalized spacial score (nSPS) is 17.5. The molecule has 0 amide bonds. The fourth-order valence-corrected chi connectivity index (χ4v) is 4.50. The number of ether oxygens (including phenoxy) is 2. The Hall–Kier alpha value is -2.24. The highest BCUT2D eigenvalue weighted by Gasteiger charge is 2.30. The van der Waals surface area contributed by atoms with Crippen molar-refractivity contribution < 1.29 is 9.47 Å². The van der Waals surface area contributed by atoms with Gasteiger partial charge in [-0.25, -0.2) is 0 Å². The van der Waals surface area contributed by atoms with Crippen molar-refractivity contribution in [3.05, 3.63) is 70.2 Å². The fraction of sp³-hybridized carbons (Fsp3) is 0.333. The van der Waals surface area contributed by atoms with Gasteiger partial charge in [0.1, 0.15) is 11.5 Å². The summed E-state index contributed by atoms with van der Waals surface area (Å²) in [4.78, 5) is 2.55. The third-order valence-corrected chi connectivity index (χ3v) is 5.78. The van der Waals surface area contributed by atoms with E-state index in [4.69, 9.17) is 9.47 Å². The summed E-state index contributed by atoms with van der Waals surface area (Å²) in [7, 11) is 3.45. The standard InChI is InChI=1S/C21H24N2O2S/c1-24-17-6-7-20(25-2)18(13-17)21-19-5-3-9-22(19)10-4-11-23(21)14-16-8-12-26-15-16/h3,5-9,12-13,15,21H,4,10-11,14H2,1-2H3. The Balaban J connectivity index is 1.82. The van der Waals surface area contributed by atoms with Gasteiger partial charge >= 0.3 is 0 Å². The van der Waals surface area contributed by atoms with E-state index >= 15 is 0 Å². The molecule has 0 spiro atoms. The average molecular weight is 369 g/mol. The van der Waals surface area contributed by atoms with Crippen LogP contribution in [0.4, 0.5) is 0 Å². The zero-order valence-electron chi connectivity index (χ0n) is 15.2. The molecule has 26 heavy (non-hydrogen) atoms. The summed E-state index contributed by atoms with van der Waals surface area (Å²) in [5, 5.41) is 4.39. The van der Waals surface area contributed by atoms with E-state index in [1.807, 2.05) is 12.1 Å². The summed E-state index contributed by atoms with van der Waals surface area (Å²) < 4.78 is 13.6. The molecule has 1 atom stereocenters. The van der Waals surface area contributed by atoms with Crippen molar-refractivity contribution in [1.29, 1.82) is 0 Å². The molecule has 0 saturated carbocycles. The lowest BCUT2D eigenvalue weighted by atomic mass is 9.99. The Labute approximate surface area is 158 Å². The third kappa shape index (κ3) is 3.24. The number of aryl methyl sites for hydroxylation is 1. The summed E-state index contributed by atoms with van der Waals surface area (Å²) >= 11 is 1.75. The zero-order valence-corrected chi connectivity index (χ0v) is 16.0. The monoisotopic (exact) mass is 368 g/mol. The summed E-state index contributed by atoms with van der Waals surface area (Å²) in [6.45, 7) is 3.02. The molecule has 0 saturated heterocycles. The lowest BCUT2D eigenvalue weighted by Crippen LogP contribution is -2.29. The Morgan fingerprint density at radius 3 is 2.81 bits per heavy atom. The Morgan fingerprint density at radius 2 is 2.04 bits per heavy atom. The molecule has 2 aromatic heterocycles. The highest BCUT2D eigenvalue weighted by Crippen LogP contribution is 2.39. The number of nitrogens with zero attached hydrogens (tertiary/aromatic N) is 2. The van der Waals surface area contributed by atoms with Crippen LogP contribution in [0.2, 0.25) is 0 Å². The predicted molar refractivity (Wildman–Crippen MR) is 105 cm³/mol. The molecule has 0 fully saturated rings. The first kappa shape index (κ1) is 17.2. The molecule has 5 heteroatoms. The zero-order chi connectivity index (χ0) is 17.9. The number of methoxy groups -OCH3 is 2. The van der Waals surface area contributed by atoms with Crippen LogP contribution in [0.25, 0.3) is 0 Å². The number of thiophene rings is 1. The lowest BCUT2D eigenvalue weighted by molar-refractivity contribution is 0.216. The van der Waals surface area contributed by atoms with Crippen LogP contribution in [-0.4, -0.2) is 30.2 Å². The van der Waals surface area contributed by atoms with Crippen LogP contribution in [-0.2, 0) is 13.1 Å². The van der Waals surface area contributed by atoms with Crippen LogP contribution in [0.3, 0.4) is 0 Å². The molecule has 4 nitrogen and oxygen atoms in total. The van der Waals surface area contributed by atoms with E-state index in [-0.39, 0.29) is 6.04 Å². The number of hydrogen-bond acceptors (Lipinski definition) is 4. The first-order valence-corrected chi connectivity index (χ1v) is 9.86. The average Bonchev–Trinajstić information content (AvgIpc) is 3.31. The van der Waals surface area contributed by atoms with Crippen LogP contribution in [0.1, 0.15) is 29.3 Å². The van der Waals surface area contributed by atoms with Crippen LogP contribution in [0.5, 0.6) is 11.5 Å². The minimum atomic E-state index is 0.137. The summed E-state index contributed by atoms with van der Waals surface area (Å²) in [6, 6.07) is 12.8.